The lowest BCUT2D eigenvalue weighted by Crippen LogP contribution is -2.35. The molecule has 2 aliphatic heterocycles. The number of hydrogen-bond donors (Lipinski definition) is 0. The lowest BCUT2D eigenvalue weighted by Gasteiger charge is -2.35. The first-order chi connectivity index (χ1) is 22.7. The first kappa shape index (κ1) is 32.7. The van der Waals surface area contributed by atoms with Crippen molar-refractivity contribution < 1.29 is 37.0 Å². The lowest BCUT2D eigenvalue weighted by atomic mass is 9.91. The van der Waals surface area contributed by atoms with E-state index in [1.54, 1.807) is 7.11 Å². The molecule has 0 N–H and O–H groups in total. The predicted molar refractivity (Wildman–Crippen MR) is 174 cm³/mol. The van der Waals surface area contributed by atoms with Crippen LogP contribution in [0.15, 0.2) is 66.7 Å². The van der Waals surface area contributed by atoms with E-state index in [9.17, 15) is 22.8 Å². The maximum Gasteiger partial charge on any atom is 0.491 e. The summed E-state index contributed by atoms with van der Waals surface area (Å²) in [5.41, 5.74) is 5.60. The molecule has 3 aromatic rings. The number of halogens is 3. The van der Waals surface area contributed by atoms with Crippen molar-refractivity contribution in [2.24, 2.45) is 11.8 Å². The molecule has 3 aromatic carbocycles. The van der Waals surface area contributed by atoms with Crippen LogP contribution in [0.2, 0.25) is 0 Å². The van der Waals surface area contributed by atoms with Crippen LogP contribution in [0.4, 0.5) is 24.5 Å². The molecular formula is C37H41F3N2O5. The Hall–Kier alpha value is -4.21. The van der Waals surface area contributed by atoms with E-state index in [2.05, 4.69) is 50.9 Å². The van der Waals surface area contributed by atoms with Gasteiger partial charge in [-0.1, -0.05) is 24.3 Å². The van der Waals surface area contributed by atoms with Crippen LogP contribution in [-0.4, -0.2) is 58.0 Å². The van der Waals surface area contributed by atoms with Crippen molar-refractivity contribution >= 4 is 23.3 Å². The van der Waals surface area contributed by atoms with E-state index >= 15 is 0 Å². The van der Waals surface area contributed by atoms with Gasteiger partial charge >= 0.3 is 18.1 Å². The topological polar surface area (TPSA) is 68.3 Å². The highest BCUT2D eigenvalue weighted by atomic mass is 19.4. The molecule has 250 valence electrons. The fourth-order valence-corrected chi connectivity index (χ4v) is 6.80. The third-order valence-corrected chi connectivity index (χ3v) is 9.60. The zero-order valence-corrected chi connectivity index (χ0v) is 26.6. The van der Waals surface area contributed by atoms with Crippen LogP contribution in [0, 0.1) is 11.8 Å². The summed E-state index contributed by atoms with van der Waals surface area (Å²) in [6.45, 7) is 4.53. The van der Waals surface area contributed by atoms with Crippen molar-refractivity contribution in [1.82, 2.24) is 0 Å². The van der Waals surface area contributed by atoms with E-state index < -0.39 is 18.1 Å². The van der Waals surface area contributed by atoms with E-state index in [4.69, 9.17) is 9.47 Å². The molecule has 0 bridgehead atoms. The molecule has 7 nitrogen and oxygen atoms in total. The van der Waals surface area contributed by atoms with Crippen molar-refractivity contribution in [1.29, 1.82) is 0 Å². The second-order valence-electron chi connectivity index (χ2n) is 12.8. The highest BCUT2D eigenvalue weighted by Crippen LogP contribution is 2.45. The Morgan fingerprint density at radius 2 is 1.57 bits per heavy atom. The Kier molecular flexibility index (Phi) is 9.94. The number of hydrogen-bond acceptors (Lipinski definition) is 7. The number of piperidine rings is 1. The van der Waals surface area contributed by atoms with Gasteiger partial charge in [0.15, 0.2) is 0 Å². The van der Waals surface area contributed by atoms with Gasteiger partial charge in [0.1, 0.15) is 11.5 Å². The zero-order valence-electron chi connectivity index (χ0n) is 26.6. The largest absolute Gasteiger partial charge is 0.497 e. The van der Waals surface area contributed by atoms with Gasteiger partial charge in [-0.2, -0.15) is 13.2 Å². The van der Waals surface area contributed by atoms with Gasteiger partial charge < -0.3 is 24.0 Å². The van der Waals surface area contributed by atoms with E-state index in [0.29, 0.717) is 18.3 Å². The summed E-state index contributed by atoms with van der Waals surface area (Å²) in [6, 6.07) is 22.5. The number of carbonyl (C=O) groups is 2. The van der Waals surface area contributed by atoms with Crippen molar-refractivity contribution in [2.75, 3.05) is 49.7 Å². The summed E-state index contributed by atoms with van der Waals surface area (Å²) in [5.74, 6) is -1.98. The van der Waals surface area contributed by atoms with Crippen LogP contribution in [0.5, 0.6) is 11.5 Å². The van der Waals surface area contributed by atoms with E-state index in [1.807, 2.05) is 30.3 Å². The van der Waals surface area contributed by atoms with Gasteiger partial charge in [0.2, 0.25) is 0 Å². The minimum atomic E-state index is -5.20. The Morgan fingerprint density at radius 1 is 0.851 bits per heavy atom. The molecule has 3 fully saturated rings. The molecule has 6 rings (SSSR count). The van der Waals surface area contributed by atoms with E-state index in [0.717, 1.165) is 68.9 Å². The van der Waals surface area contributed by atoms with Crippen molar-refractivity contribution in [3.63, 3.8) is 0 Å². The van der Waals surface area contributed by atoms with Crippen molar-refractivity contribution in [2.45, 2.75) is 57.0 Å². The van der Waals surface area contributed by atoms with Crippen molar-refractivity contribution in [3.8, 4) is 22.6 Å². The van der Waals surface area contributed by atoms with Crippen LogP contribution < -0.4 is 19.3 Å². The average molecular weight is 651 g/mol. The van der Waals surface area contributed by atoms with E-state index in [1.165, 1.54) is 29.7 Å². The predicted octanol–water partition coefficient (Wildman–Crippen LogP) is 7.77. The number of rotatable bonds is 11. The first-order valence-electron chi connectivity index (χ1n) is 16.5. The SMILES string of the molecule is COc1ccc(-c2ccc(N3CCCC3)cc2)c(N2CCC(COc3cccc([C@@H](CC(=O)OC(=O)C(F)(F)F)C4CC4)c3)CC2)c1. The van der Waals surface area contributed by atoms with Gasteiger partial charge in [-0.3, -0.25) is 4.79 Å². The quantitative estimate of drug-likeness (QED) is 0.155. The Morgan fingerprint density at radius 3 is 2.23 bits per heavy atom. The summed E-state index contributed by atoms with van der Waals surface area (Å²) < 4.78 is 53.6. The number of esters is 2. The summed E-state index contributed by atoms with van der Waals surface area (Å²) >= 11 is 0. The van der Waals surface area contributed by atoms with Gasteiger partial charge in [-0.05, 0) is 104 Å². The second-order valence-corrected chi connectivity index (χ2v) is 12.8. The molecule has 0 amide bonds. The smallest absolute Gasteiger partial charge is 0.491 e. The fraction of sp³-hybridized carbons (Fsp3) is 0.459. The van der Waals surface area contributed by atoms with Gasteiger partial charge in [0, 0.05) is 49.2 Å². The molecule has 10 heteroatoms. The third kappa shape index (κ3) is 8.21. The van der Waals surface area contributed by atoms with Gasteiger partial charge in [0.05, 0.1) is 20.1 Å². The Bertz CT molecular complexity index is 1540. The van der Waals surface area contributed by atoms with E-state index in [-0.39, 0.29) is 18.3 Å². The fourth-order valence-electron chi connectivity index (χ4n) is 6.80. The maximum atomic E-state index is 12.6. The molecule has 2 saturated heterocycles. The van der Waals surface area contributed by atoms with Crippen molar-refractivity contribution in [3.05, 3.63) is 72.3 Å². The molecule has 1 saturated carbocycles. The maximum absolute atomic E-state index is 12.6. The van der Waals surface area contributed by atoms with Crippen LogP contribution in [0.1, 0.15) is 56.4 Å². The summed E-state index contributed by atoms with van der Waals surface area (Å²) in [5, 5.41) is 0. The summed E-state index contributed by atoms with van der Waals surface area (Å²) in [4.78, 5) is 28.2. The summed E-state index contributed by atoms with van der Waals surface area (Å²) in [6.07, 6.45) is 0.645. The normalized spacial score (nSPS) is 17.8. The molecule has 1 atom stereocenters. The molecule has 0 unspecified atom stereocenters. The van der Waals surface area contributed by atoms with Crippen LogP contribution in [-0.2, 0) is 14.3 Å². The number of ether oxygens (including phenoxy) is 3. The number of carbonyl (C=O) groups excluding carboxylic acids is 2. The Balaban J connectivity index is 1.06. The molecule has 2 heterocycles. The highest BCUT2D eigenvalue weighted by Gasteiger charge is 2.43. The molecular weight excluding hydrogens is 609 g/mol. The Labute approximate surface area is 273 Å². The molecule has 0 aromatic heterocycles. The summed E-state index contributed by atoms with van der Waals surface area (Å²) in [7, 11) is 1.69. The third-order valence-electron chi connectivity index (χ3n) is 9.60. The van der Waals surface area contributed by atoms with Gasteiger partial charge in [0.25, 0.3) is 0 Å². The second kappa shape index (κ2) is 14.3. The number of methoxy groups -OCH3 is 1. The molecule has 1 aliphatic carbocycles. The minimum absolute atomic E-state index is 0.160. The lowest BCUT2D eigenvalue weighted by molar-refractivity contribution is -0.202. The molecule has 3 aliphatic rings. The first-order valence-corrected chi connectivity index (χ1v) is 16.5. The number of nitrogens with zero attached hydrogens (tertiary/aromatic N) is 2. The van der Waals surface area contributed by atoms with Gasteiger partial charge in [-0.15, -0.1) is 0 Å². The molecule has 0 radical (unpaired) electrons. The number of alkyl halides is 3. The van der Waals surface area contributed by atoms with Crippen LogP contribution in [0.3, 0.4) is 0 Å². The minimum Gasteiger partial charge on any atom is -0.497 e. The number of benzene rings is 3. The van der Waals surface area contributed by atoms with Crippen LogP contribution in [0.25, 0.3) is 11.1 Å². The monoisotopic (exact) mass is 650 g/mol. The molecule has 0 spiro atoms. The van der Waals surface area contributed by atoms with Crippen LogP contribution >= 0.6 is 0 Å². The number of anilines is 2. The average Bonchev–Trinajstić information content (AvgIpc) is 3.78. The standard InChI is InChI=1S/C37H41F3N2O5/c1-45-30-13-14-32(26-9-11-29(12-10-26)41-17-2-3-18-41)34(22-30)42-19-15-25(16-20-42)24-46-31-6-4-5-28(21-31)33(27-7-8-27)23-35(43)47-36(44)37(38,39)40/h4-6,9-14,21-22,25,27,33H,2-3,7-8,15-20,23-24H2,1H3/t33-/m0/s1. The highest BCUT2D eigenvalue weighted by molar-refractivity contribution is 5.88. The molecule has 47 heavy (non-hydrogen) atoms. The van der Waals surface area contributed by atoms with Gasteiger partial charge in [-0.25, -0.2) is 4.79 Å². The zero-order chi connectivity index (χ0) is 33.0.